The molecule has 0 spiro atoms. The van der Waals surface area contributed by atoms with Gasteiger partial charge in [-0.3, -0.25) is 4.79 Å². The Labute approximate surface area is 152 Å². The van der Waals surface area contributed by atoms with E-state index in [4.69, 9.17) is 4.42 Å². The fraction of sp³-hybridized carbons (Fsp3) is 0.350. The summed E-state index contributed by atoms with van der Waals surface area (Å²) >= 11 is 0. The Morgan fingerprint density at radius 1 is 1.27 bits per heavy atom. The molecule has 0 aliphatic heterocycles. The predicted octanol–water partition coefficient (Wildman–Crippen LogP) is 3.75. The highest BCUT2D eigenvalue weighted by molar-refractivity contribution is 5.95. The molecule has 3 aromatic rings. The molecule has 3 heterocycles. The van der Waals surface area contributed by atoms with E-state index in [0.29, 0.717) is 17.9 Å². The third-order valence-corrected chi connectivity index (χ3v) is 5.04. The molecule has 0 saturated heterocycles. The zero-order valence-corrected chi connectivity index (χ0v) is 14.8. The van der Waals surface area contributed by atoms with Gasteiger partial charge in [-0.25, -0.2) is 9.67 Å². The molecular weight excluding hydrogens is 328 g/mol. The number of hydrogen-bond donors (Lipinski definition) is 0. The lowest BCUT2D eigenvalue weighted by molar-refractivity contribution is 0.0648. The molecule has 0 unspecified atom stereocenters. The lowest BCUT2D eigenvalue weighted by Gasteiger charge is -2.28. The topological polar surface area (TPSA) is 64.2 Å². The zero-order valence-electron chi connectivity index (χ0n) is 14.8. The number of aromatic nitrogens is 3. The van der Waals surface area contributed by atoms with E-state index in [2.05, 4.69) is 10.1 Å². The number of nitrogens with zero attached hydrogens (tertiary/aromatic N) is 4. The van der Waals surface area contributed by atoms with Crippen LogP contribution in [-0.4, -0.2) is 31.6 Å². The monoisotopic (exact) mass is 350 g/mol. The van der Waals surface area contributed by atoms with Gasteiger partial charge in [-0.1, -0.05) is 18.9 Å². The molecule has 1 amide bonds. The van der Waals surface area contributed by atoms with Crippen molar-refractivity contribution in [3.63, 3.8) is 0 Å². The van der Waals surface area contributed by atoms with Gasteiger partial charge < -0.3 is 9.32 Å². The van der Waals surface area contributed by atoms with Crippen molar-refractivity contribution in [2.45, 2.75) is 45.2 Å². The lowest BCUT2D eigenvalue weighted by Crippen LogP contribution is -2.38. The molecule has 0 radical (unpaired) electrons. The van der Waals surface area contributed by atoms with Crippen LogP contribution in [-0.2, 0) is 6.54 Å². The zero-order chi connectivity index (χ0) is 17.9. The molecule has 4 rings (SSSR count). The van der Waals surface area contributed by atoms with E-state index in [9.17, 15) is 4.79 Å². The molecule has 26 heavy (non-hydrogen) atoms. The molecule has 0 bridgehead atoms. The van der Waals surface area contributed by atoms with Crippen LogP contribution in [0.4, 0.5) is 0 Å². The molecular formula is C20H22N4O2. The van der Waals surface area contributed by atoms with Gasteiger partial charge >= 0.3 is 0 Å². The molecule has 0 atom stereocenters. The van der Waals surface area contributed by atoms with Gasteiger partial charge in [0.1, 0.15) is 5.76 Å². The first kappa shape index (κ1) is 16.6. The van der Waals surface area contributed by atoms with Crippen LogP contribution in [0.25, 0.3) is 5.82 Å². The van der Waals surface area contributed by atoms with Crippen molar-refractivity contribution in [2.24, 2.45) is 0 Å². The molecule has 1 aliphatic rings. The van der Waals surface area contributed by atoms with Crippen LogP contribution in [0.2, 0.25) is 0 Å². The van der Waals surface area contributed by atoms with Crippen molar-refractivity contribution >= 4 is 5.91 Å². The van der Waals surface area contributed by atoms with E-state index < -0.39 is 0 Å². The van der Waals surface area contributed by atoms with Crippen LogP contribution in [0.1, 0.15) is 47.5 Å². The number of rotatable bonds is 5. The Morgan fingerprint density at radius 3 is 2.81 bits per heavy atom. The Hall–Kier alpha value is -2.89. The number of furan rings is 1. The molecule has 0 N–H and O–H groups in total. The number of carbonyl (C=O) groups is 1. The normalized spacial score (nSPS) is 14.7. The van der Waals surface area contributed by atoms with E-state index >= 15 is 0 Å². The summed E-state index contributed by atoms with van der Waals surface area (Å²) in [6, 6.07) is 9.68. The Morgan fingerprint density at radius 2 is 2.12 bits per heavy atom. The van der Waals surface area contributed by atoms with Crippen molar-refractivity contribution < 1.29 is 9.21 Å². The summed E-state index contributed by atoms with van der Waals surface area (Å²) < 4.78 is 7.20. The number of pyridine rings is 1. The number of hydrogen-bond acceptors (Lipinski definition) is 4. The molecule has 0 aromatic carbocycles. The molecule has 1 fully saturated rings. The third-order valence-electron chi connectivity index (χ3n) is 5.04. The smallest absolute Gasteiger partial charge is 0.257 e. The van der Waals surface area contributed by atoms with Gasteiger partial charge in [0.15, 0.2) is 5.82 Å². The summed E-state index contributed by atoms with van der Waals surface area (Å²) in [7, 11) is 0. The number of amides is 1. The van der Waals surface area contributed by atoms with Crippen LogP contribution in [0.3, 0.4) is 0 Å². The van der Waals surface area contributed by atoms with E-state index in [1.165, 1.54) is 12.8 Å². The summed E-state index contributed by atoms with van der Waals surface area (Å²) in [4.78, 5) is 19.6. The van der Waals surface area contributed by atoms with Crippen LogP contribution >= 0.6 is 0 Å². The van der Waals surface area contributed by atoms with Crippen molar-refractivity contribution in [3.05, 3.63) is 66.0 Å². The second kappa shape index (κ2) is 7.15. The van der Waals surface area contributed by atoms with Gasteiger partial charge in [0.05, 0.1) is 30.3 Å². The van der Waals surface area contributed by atoms with Gasteiger partial charge in [0, 0.05) is 12.2 Å². The minimum absolute atomic E-state index is 0.00739. The van der Waals surface area contributed by atoms with Crippen LogP contribution in [0.5, 0.6) is 0 Å². The van der Waals surface area contributed by atoms with Gasteiger partial charge in [-0.15, -0.1) is 0 Å². The van der Waals surface area contributed by atoms with Crippen molar-refractivity contribution in [2.75, 3.05) is 0 Å². The van der Waals surface area contributed by atoms with Crippen molar-refractivity contribution in [3.8, 4) is 5.82 Å². The average Bonchev–Trinajstić information content (AvgIpc) is 3.42. The second-order valence-electron chi connectivity index (χ2n) is 6.69. The quantitative estimate of drug-likeness (QED) is 0.703. The summed E-state index contributed by atoms with van der Waals surface area (Å²) in [6.07, 6.45) is 9.43. The van der Waals surface area contributed by atoms with E-state index in [1.54, 1.807) is 23.3 Å². The largest absolute Gasteiger partial charge is 0.467 e. The van der Waals surface area contributed by atoms with Crippen molar-refractivity contribution in [1.29, 1.82) is 0 Å². The highest BCUT2D eigenvalue weighted by Crippen LogP contribution is 2.27. The maximum atomic E-state index is 13.3. The minimum Gasteiger partial charge on any atom is -0.467 e. The summed E-state index contributed by atoms with van der Waals surface area (Å²) in [6.45, 7) is 2.40. The second-order valence-corrected chi connectivity index (χ2v) is 6.69. The van der Waals surface area contributed by atoms with Gasteiger partial charge in [-0.05, 0) is 44.0 Å². The maximum Gasteiger partial charge on any atom is 0.257 e. The van der Waals surface area contributed by atoms with E-state index in [-0.39, 0.29) is 11.9 Å². The molecule has 6 nitrogen and oxygen atoms in total. The van der Waals surface area contributed by atoms with Gasteiger partial charge in [0.25, 0.3) is 5.91 Å². The van der Waals surface area contributed by atoms with Gasteiger partial charge in [0.2, 0.25) is 0 Å². The van der Waals surface area contributed by atoms with Crippen LogP contribution < -0.4 is 0 Å². The fourth-order valence-corrected chi connectivity index (χ4v) is 3.64. The lowest BCUT2D eigenvalue weighted by atomic mass is 10.1. The Bertz CT molecular complexity index is 865. The highest BCUT2D eigenvalue weighted by atomic mass is 16.3. The van der Waals surface area contributed by atoms with Crippen LogP contribution in [0, 0.1) is 6.92 Å². The van der Waals surface area contributed by atoms with E-state index in [0.717, 1.165) is 24.3 Å². The summed E-state index contributed by atoms with van der Waals surface area (Å²) in [5.41, 5.74) is 1.42. The van der Waals surface area contributed by atoms with Crippen LogP contribution in [0.15, 0.2) is 53.4 Å². The first-order valence-electron chi connectivity index (χ1n) is 9.03. The molecule has 3 aromatic heterocycles. The maximum absolute atomic E-state index is 13.3. The SMILES string of the molecule is Cc1c(C(=O)N(Cc2ccco2)C2CCCC2)cnn1-c1ccccn1. The standard InChI is InChI=1S/C20H22N4O2/c1-15-18(13-22-24(15)19-10-4-5-11-21-19)20(25)23(16-7-2-3-8-16)14-17-9-6-12-26-17/h4-6,9-13,16H,2-3,7-8,14H2,1H3. The first-order chi connectivity index (χ1) is 12.7. The minimum atomic E-state index is 0.00739. The summed E-state index contributed by atoms with van der Waals surface area (Å²) in [5, 5.41) is 4.40. The molecule has 6 heteroatoms. The molecule has 1 saturated carbocycles. The molecule has 134 valence electrons. The number of carbonyl (C=O) groups excluding carboxylic acids is 1. The Kier molecular flexibility index (Phi) is 4.56. The average molecular weight is 350 g/mol. The first-order valence-corrected chi connectivity index (χ1v) is 9.03. The Balaban J connectivity index is 1.64. The molecule has 1 aliphatic carbocycles. The highest BCUT2D eigenvalue weighted by Gasteiger charge is 2.30. The van der Waals surface area contributed by atoms with E-state index in [1.807, 2.05) is 42.2 Å². The van der Waals surface area contributed by atoms with Gasteiger partial charge in [-0.2, -0.15) is 5.10 Å². The fourth-order valence-electron chi connectivity index (χ4n) is 3.64. The summed E-state index contributed by atoms with van der Waals surface area (Å²) in [5.74, 6) is 1.52. The predicted molar refractivity (Wildman–Crippen MR) is 96.9 cm³/mol. The van der Waals surface area contributed by atoms with Crippen molar-refractivity contribution in [1.82, 2.24) is 19.7 Å². The third kappa shape index (κ3) is 3.14.